The molecule has 0 saturated carbocycles. The standard InChI is InChI=1S/C11H21N5S/c1-4-5-9-14-10(6-11(15-9)16-12)13-8(2)7-17-3/h6,8H,4-5,7,12H2,1-3H3,(H2,13,14,15,16). The fraction of sp³-hybridized carbons (Fsp3) is 0.636. The summed E-state index contributed by atoms with van der Waals surface area (Å²) in [6.45, 7) is 4.24. The van der Waals surface area contributed by atoms with E-state index in [0.29, 0.717) is 11.9 Å². The van der Waals surface area contributed by atoms with Crippen LogP contribution in [0, 0.1) is 0 Å². The summed E-state index contributed by atoms with van der Waals surface area (Å²) in [6.07, 6.45) is 3.97. The highest BCUT2D eigenvalue weighted by Gasteiger charge is 2.06. The van der Waals surface area contributed by atoms with Gasteiger partial charge >= 0.3 is 0 Å². The average molecular weight is 255 g/mol. The number of nitrogens with two attached hydrogens (primary N) is 1. The molecule has 1 rings (SSSR count). The lowest BCUT2D eigenvalue weighted by atomic mass is 10.3. The van der Waals surface area contributed by atoms with Gasteiger partial charge in [0, 0.05) is 24.3 Å². The minimum absolute atomic E-state index is 0.375. The van der Waals surface area contributed by atoms with Crippen LogP contribution in [0.25, 0.3) is 0 Å². The Morgan fingerprint density at radius 3 is 2.71 bits per heavy atom. The van der Waals surface area contributed by atoms with Crippen molar-refractivity contribution in [2.75, 3.05) is 22.8 Å². The van der Waals surface area contributed by atoms with Gasteiger partial charge in [-0.15, -0.1) is 0 Å². The van der Waals surface area contributed by atoms with Crippen LogP contribution in [-0.4, -0.2) is 28.0 Å². The summed E-state index contributed by atoms with van der Waals surface area (Å²) in [5.41, 5.74) is 2.58. The lowest BCUT2D eigenvalue weighted by molar-refractivity contribution is 0.825. The predicted octanol–water partition coefficient (Wildman–Crippen LogP) is 1.88. The minimum atomic E-state index is 0.375. The van der Waals surface area contributed by atoms with Crippen molar-refractivity contribution in [3.8, 4) is 0 Å². The number of nitrogens with one attached hydrogen (secondary N) is 2. The molecule has 0 amide bonds. The highest BCUT2D eigenvalue weighted by atomic mass is 32.2. The number of hydrazine groups is 1. The van der Waals surface area contributed by atoms with Crippen molar-refractivity contribution < 1.29 is 0 Å². The van der Waals surface area contributed by atoms with Gasteiger partial charge < -0.3 is 10.7 Å². The van der Waals surface area contributed by atoms with Gasteiger partial charge in [-0.2, -0.15) is 11.8 Å². The van der Waals surface area contributed by atoms with Gasteiger partial charge in [-0.25, -0.2) is 15.8 Å². The van der Waals surface area contributed by atoms with E-state index in [9.17, 15) is 0 Å². The number of aromatic nitrogens is 2. The topological polar surface area (TPSA) is 75.9 Å². The second kappa shape index (κ2) is 7.34. The molecule has 1 heterocycles. The van der Waals surface area contributed by atoms with E-state index in [0.717, 1.165) is 30.2 Å². The number of hydrogen-bond donors (Lipinski definition) is 3. The average Bonchev–Trinajstić information content (AvgIpc) is 2.29. The van der Waals surface area contributed by atoms with E-state index >= 15 is 0 Å². The molecule has 1 atom stereocenters. The molecule has 0 aliphatic rings. The van der Waals surface area contributed by atoms with Gasteiger partial charge in [0.05, 0.1) is 0 Å². The van der Waals surface area contributed by atoms with E-state index in [2.05, 4.69) is 40.8 Å². The van der Waals surface area contributed by atoms with Crippen molar-refractivity contribution in [1.82, 2.24) is 9.97 Å². The van der Waals surface area contributed by atoms with Crippen LogP contribution in [0.1, 0.15) is 26.1 Å². The number of anilines is 2. The number of rotatable bonds is 7. The Balaban J connectivity index is 2.79. The largest absolute Gasteiger partial charge is 0.367 e. The van der Waals surface area contributed by atoms with Gasteiger partial charge in [0.25, 0.3) is 0 Å². The van der Waals surface area contributed by atoms with E-state index in [1.54, 1.807) is 0 Å². The van der Waals surface area contributed by atoms with E-state index in [1.165, 1.54) is 0 Å². The van der Waals surface area contributed by atoms with Gasteiger partial charge in [-0.3, -0.25) is 0 Å². The summed E-state index contributed by atoms with van der Waals surface area (Å²) in [6, 6.07) is 2.20. The number of aryl methyl sites for hydroxylation is 1. The smallest absolute Gasteiger partial charge is 0.145 e. The first-order valence-corrected chi connectivity index (χ1v) is 7.19. The molecule has 0 aromatic carbocycles. The molecule has 0 radical (unpaired) electrons. The monoisotopic (exact) mass is 255 g/mol. The molecule has 0 spiro atoms. The SMILES string of the molecule is CCCc1nc(NN)cc(NC(C)CSC)n1. The Kier molecular flexibility index (Phi) is 6.07. The third-order valence-corrected chi connectivity index (χ3v) is 3.04. The van der Waals surface area contributed by atoms with E-state index in [4.69, 9.17) is 5.84 Å². The van der Waals surface area contributed by atoms with Gasteiger partial charge in [0.1, 0.15) is 17.5 Å². The Morgan fingerprint density at radius 2 is 2.12 bits per heavy atom. The zero-order chi connectivity index (χ0) is 12.7. The molecule has 6 heteroatoms. The second-order valence-electron chi connectivity index (χ2n) is 3.95. The molecule has 0 aliphatic heterocycles. The first-order valence-electron chi connectivity index (χ1n) is 5.79. The molecule has 5 nitrogen and oxygen atoms in total. The van der Waals surface area contributed by atoms with Gasteiger partial charge in [-0.05, 0) is 19.6 Å². The third-order valence-electron chi connectivity index (χ3n) is 2.20. The fourth-order valence-electron chi connectivity index (χ4n) is 1.52. The summed E-state index contributed by atoms with van der Waals surface area (Å²) in [4.78, 5) is 8.77. The molecule has 0 bridgehead atoms. The highest BCUT2D eigenvalue weighted by molar-refractivity contribution is 7.98. The molecule has 96 valence electrons. The van der Waals surface area contributed by atoms with Gasteiger partial charge in [-0.1, -0.05) is 6.92 Å². The molecule has 1 aromatic rings. The van der Waals surface area contributed by atoms with Gasteiger partial charge in [0.15, 0.2) is 0 Å². The van der Waals surface area contributed by atoms with Crippen LogP contribution in [-0.2, 0) is 6.42 Å². The van der Waals surface area contributed by atoms with E-state index in [1.807, 2.05) is 17.8 Å². The third kappa shape index (κ3) is 4.79. The van der Waals surface area contributed by atoms with Crippen LogP contribution >= 0.6 is 11.8 Å². The molecule has 0 aliphatic carbocycles. The fourth-order valence-corrected chi connectivity index (χ4v) is 2.11. The molecule has 0 saturated heterocycles. The highest BCUT2D eigenvalue weighted by Crippen LogP contribution is 2.13. The number of nitrogens with zero attached hydrogens (tertiary/aromatic N) is 2. The first kappa shape index (κ1) is 14.1. The maximum absolute atomic E-state index is 5.40. The van der Waals surface area contributed by atoms with Crippen LogP contribution in [0.5, 0.6) is 0 Å². The van der Waals surface area contributed by atoms with Gasteiger partial charge in [0.2, 0.25) is 0 Å². The maximum Gasteiger partial charge on any atom is 0.145 e. The first-order chi connectivity index (χ1) is 8.19. The summed E-state index contributed by atoms with van der Waals surface area (Å²) >= 11 is 1.81. The maximum atomic E-state index is 5.40. The Morgan fingerprint density at radius 1 is 1.41 bits per heavy atom. The zero-order valence-corrected chi connectivity index (χ0v) is 11.5. The second-order valence-corrected chi connectivity index (χ2v) is 4.86. The summed E-state index contributed by atoms with van der Waals surface area (Å²) in [5, 5.41) is 3.35. The minimum Gasteiger partial charge on any atom is -0.367 e. The van der Waals surface area contributed by atoms with Crippen molar-refractivity contribution >= 4 is 23.4 Å². The van der Waals surface area contributed by atoms with Crippen LogP contribution in [0.2, 0.25) is 0 Å². The molecular weight excluding hydrogens is 234 g/mol. The Hall–Kier alpha value is -1.01. The lowest BCUT2D eigenvalue weighted by Gasteiger charge is -2.14. The summed E-state index contributed by atoms with van der Waals surface area (Å²) in [5.74, 6) is 8.75. The lowest BCUT2D eigenvalue weighted by Crippen LogP contribution is -2.20. The van der Waals surface area contributed by atoms with Crippen molar-refractivity contribution in [3.05, 3.63) is 11.9 Å². The summed E-state index contributed by atoms with van der Waals surface area (Å²) < 4.78 is 0. The predicted molar refractivity (Wildman–Crippen MR) is 75.3 cm³/mol. The number of thioether (sulfide) groups is 1. The number of nitrogen functional groups attached to an aromatic ring is 1. The molecule has 1 unspecified atom stereocenters. The number of hydrogen-bond acceptors (Lipinski definition) is 6. The van der Waals surface area contributed by atoms with Crippen molar-refractivity contribution in [2.45, 2.75) is 32.7 Å². The molecule has 4 N–H and O–H groups in total. The van der Waals surface area contributed by atoms with Crippen LogP contribution in [0.3, 0.4) is 0 Å². The van der Waals surface area contributed by atoms with Crippen LogP contribution in [0.4, 0.5) is 11.6 Å². The van der Waals surface area contributed by atoms with Crippen LogP contribution < -0.4 is 16.6 Å². The van der Waals surface area contributed by atoms with Crippen LogP contribution in [0.15, 0.2) is 6.07 Å². The van der Waals surface area contributed by atoms with Crippen molar-refractivity contribution in [2.24, 2.45) is 5.84 Å². The molecule has 17 heavy (non-hydrogen) atoms. The summed E-state index contributed by atoms with van der Waals surface area (Å²) in [7, 11) is 0. The molecular formula is C11H21N5S. The Bertz CT molecular complexity index is 345. The van der Waals surface area contributed by atoms with Crippen molar-refractivity contribution in [3.63, 3.8) is 0 Å². The Labute approximate surface area is 107 Å². The zero-order valence-electron chi connectivity index (χ0n) is 10.7. The van der Waals surface area contributed by atoms with E-state index < -0.39 is 0 Å². The van der Waals surface area contributed by atoms with E-state index in [-0.39, 0.29) is 0 Å². The quantitative estimate of drug-likeness (QED) is 0.510. The molecule has 0 fully saturated rings. The normalized spacial score (nSPS) is 12.2. The molecule has 1 aromatic heterocycles. The van der Waals surface area contributed by atoms with Crippen molar-refractivity contribution in [1.29, 1.82) is 0 Å².